The Bertz CT molecular complexity index is 1600. The van der Waals surface area contributed by atoms with Crippen molar-refractivity contribution in [2.24, 2.45) is 0 Å². The van der Waals surface area contributed by atoms with Gasteiger partial charge in [0.2, 0.25) is 0 Å². The molecule has 8 heterocycles. The molecule has 0 saturated carbocycles. The lowest BCUT2D eigenvalue weighted by Crippen LogP contribution is -2.58. The van der Waals surface area contributed by atoms with Crippen LogP contribution in [-0.4, -0.2) is 95.4 Å². The van der Waals surface area contributed by atoms with Gasteiger partial charge in [-0.2, -0.15) is 0 Å². The van der Waals surface area contributed by atoms with Crippen LogP contribution in [0.15, 0.2) is 36.4 Å². The monoisotopic (exact) mass is 622 g/mol. The average Bonchev–Trinajstić information content (AvgIpc) is 3.69. The van der Waals surface area contributed by atoms with Crippen molar-refractivity contribution in [3.05, 3.63) is 58.9 Å². The van der Waals surface area contributed by atoms with Gasteiger partial charge in [-0.1, -0.05) is 0 Å². The molecule has 46 heavy (non-hydrogen) atoms. The van der Waals surface area contributed by atoms with Crippen molar-refractivity contribution >= 4 is 21.8 Å². The van der Waals surface area contributed by atoms with Crippen LogP contribution in [0.25, 0.3) is 21.8 Å². The number of H-pyrrole nitrogens is 2. The zero-order valence-corrected chi connectivity index (χ0v) is 27.7. The second-order valence-corrected chi connectivity index (χ2v) is 14.5. The summed E-state index contributed by atoms with van der Waals surface area (Å²) in [7, 11) is 3.48. The molecule has 8 heteroatoms. The van der Waals surface area contributed by atoms with Crippen molar-refractivity contribution < 1.29 is 9.47 Å². The summed E-state index contributed by atoms with van der Waals surface area (Å²) in [5.74, 6) is 1.88. The first-order valence-corrected chi connectivity index (χ1v) is 18.1. The summed E-state index contributed by atoms with van der Waals surface area (Å²) >= 11 is 0. The maximum atomic E-state index is 5.39. The van der Waals surface area contributed by atoms with Gasteiger partial charge in [0.1, 0.15) is 11.5 Å². The molecule has 0 radical (unpaired) electrons. The fourth-order valence-corrected chi connectivity index (χ4v) is 10.1. The van der Waals surface area contributed by atoms with Crippen molar-refractivity contribution in [2.75, 3.05) is 53.5 Å². The summed E-state index contributed by atoms with van der Waals surface area (Å²) in [6.45, 7) is 7.51. The first-order chi connectivity index (χ1) is 22.7. The molecule has 4 saturated heterocycles. The van der Waals surface area contributed by atoms with Crippen LogP contribution in [0.4, 0.5) is 0 Å². The van der Waals surface area contributed by atoms with Crippen LogP contribution in [0.3, 0.4) is 0 Å². The predicted octanol–water partition coefficient (Wildman–Crippen LogP) is 6.58. The van der Waals surface area contributed by atoms with Crippen LogP contribution in [0, 0.1) is 0 Å². The fourth-order valence-electron chi connectivity index (χ4n) is 10.1. The Morgan fingerprint density at radius 3 is 1.50 bits per heavy atom. The Morgan fingerprint density at radius 1 is 0.565 bits per heavy atom. The number of hydrogen-bond donors (Lipinski definition) is 2. The van der Waals surface area contributed by atoms with E-state index in [1.165, 1.54) is 137 Å². The molecule has 0 aliphatic carbocycles. The van der Waals surface area contributed by atoms with Crippen LogP contribution in [0.5, 0.6) is 11.5 Å². The first-order valence-electron chi connectivity index (χ1n) is 18.1. The molecular formula is C38H50N6O2. The molecule has 6 aliphatic rings. The van der Waals surface area contributed by atoms with Gasteiger partial charge in [-0.15, -0.1) is 0 Å². The highest BCUT2D eigenvalue weighted by atomic mass is 16.5. The molecular weight excluding hydrogens is 572 g/mol. The van der Waals surface area contributed by atoms with E-state index in [4.69, 9.17) is 9.47 Å². The van der Waals surface area contributed by atoms with Crippen molar-refractivity contribution in [1.82, 2.24) is 29.6 Å². The van der Waals surface area contributed by atoms with E-state index < -0.39 is 0 Å². The summed E-state index contributed by atoms with van der Waals surface area (Å²) in [6, 6.07) is 14.1. The third kappa shape index (κ3) is 4.78. The largest absolute Gasteiger partial charge is 0.497 e. The molecule has 2 N–H and O–H groups in total. The van der Waals surface area contributed by atoms with Gasteiger partial charge in [0.25, 0.3) is 0 Å². The number of aromatic nitrogens is 2. The zero-order valence-electron chi connectivity index (χ0n) is 27.7. The highest BCUT2D eigenvalue weighted by Gasteiger charge is 2.42. The zero-order chi connectivity index (χ0) is 30.8. The molecule has 0 amide bonds. The summed E-state index contributed by atoms with van der Waals surface area (Å²) in [5, 5.41) is 2.79. The normalized spacial score (nSPS) is 28.2. The molecule has 4 fully saturated rings. The molecule has 2 aromatic carbocycles. The van der Waals surface area contributed by atoms with E-state index in [9.17, 15) is 0 Å². The lowest BCUT2D eigenvalue weighted by atomic mass is 9.90. The minimum absolute atomic E-state index is 0.580. The number of hydrogen-bond acceptors (Lipinski definition) is 6. The molecule has 2 aromatic heterocycles. The highest BCUT2D eigenvalue weighted by molar-refractivity contribution is 5.87. The van der Waals surface area contributed by atoms with Gasteiger partial charge in [-0.05, 0) is 113 Å². The van der Waals surface area contributed by atoms with E-state index in [0.29, 0.717) is 24.4 Å². The van der Waals surface area contributed by atoms with E-state index in [1.54, 1.807) is 25.3 Å². The number of piperidine rings is 2. The quantitative estimate of drug-likeness (QED) is 0.263. The van der Waals surface area contributed by atoms with E-state index >= 15 is 0 Å². The topological polar surface area (TPSA) is 63.0 Å². The van der Waals surface area contributed by atoms with Crippen molar-refractivity contribution in [3.8, 4) is 11.5 Å². The van der Waals surface area contributed by atoms with Crippen LogP contribution >= 0.6 is 0 Å². The van der Waals surface area contributed by atoms with Gasteiger partial charge in [0.05, 0.1) is 38.6 Å². The Hall–Kier alpha value is -3.04. The summed E-state index contributed by atoms with van der Waals surface area (Å²) in [4.78, 5) is 18.5. The molecule has 8 nitrogen and oxygen atoms in total. The Labute approximate surface area is 273 Å². The highest BCUT2D eigenvalue weighted by Crippen LogP contribution is 2.44. The second kappa shape index (κ2) is 11.9. The van der Waals surface area contributed by atoms with Gasteiger partial charge in [-0.3, -0.25) is 19.6 Å². The third-order valence-corrected chi connectivity index (χ3v) is 12.3. The Balaban J connectivity index is 0.000000127. The summed E-state index contributed by atoms with van der Waals surface area (Å²) in [6.07, 6.45) is 14.4. The van der Waals surface area contributed by atoms with Gasteiger partial charge in [-0.25, -0.2) is 0 Å². The minimum Gasteiger partial charge on any atom is -0.497 e. The standard InChI is InChI=1S/2C19H25N3O/c2*1-23-13-5-6-14-15-7-11-22-17(19(15)20-16(14)12-13)8-10-21-9-3-2-4-18(21)22/h2*5-6,12,17-18,20H,2-4,7-11H2,1H3/t2*17-,18-/m10/s1. The van der Waals surface area contributed by atoms with Gasteiger partial charge in [0, 0.05) is 71.5 Å². The predicted molar refractivity (Wildman–Crippen MR) is 184 cm³/mol. The first kappa shape index (κ1) is 29.1. The Kier molecular flexibility index (Phi) is 7.53. The number of rotatable bonds is 2. The second-order valence-electron chi connectivity index (χ2n) is 14.5. The number of fused-ring (bicyclic) bond motifs is 14. The van der Waals surface area contributed by atoms with Gasteiger partial charge in [0.15, 0.2) is 0 Å². The van der Waals surface area contributed by atoms with E-state index in [1.807, 2.05) is 0 Å². The molecule has 0 unspecified atom stereocenters. The van der Waals surface area contributed by atoms with Gasteiger partial charge < -0.3 is 19.4 Å². The van der Waals surface area contributed by atoms with Crippen molar-refractivity contribution in [3.63, 3.8) is 0 Å². The van der Waals surface area contributed by atoms with Crippen LogP contribution in [-0.2, 0) is 12.8 Å². The number of benzene rings is 2. The fraction of sp³-hybridized carbons (Fsp3) is 0.579. The summed E-state index contributed by atoms with van der Waals surface area (Å²) in [5.41, 5.74) is 8.53. The van der Waals surface area contributed by atoms with E-state index in [-0.39, 0.29) is 0 Å². The van der Waals surface area contributed by atoms with Crippen LogP contribution < -0.4 is 9.47 Å². The maximum absolute atomic E-state index is 5.39. The number of nitrogens with zero attached hydrogens (tertiary/aromatic N) is 4. The van der Waals surface area contributed by atoms with E-state index in [0.717, 1.165) is 11.5 Å². The summed E-state index contributed by atoms with van der Waals surface area (Å²) < 4.78 is 10.8. The maximum Gasteiger partial charge on any atom is 0.120 e. The molecule has 4 aromatic rings. The van der Waals surface area contributed by atoms with Crippen molar-refractivity contribution in [2.45, 2.75) is 88.6 Å². The van der Waals surface area contributed by atoms with Crippen LogP contribution in [0.1, 0.15) is 86.0 Å². The average molecular weight is 623 g/mol. The lowest BCUT2D eigenvalue weighted by molar-refractivity contribution is -0.0600. The minimum atomic E-state index is 0.580. The molecule has 10 rings (SSSR count). The number of methoxy groups -OCH3 is 2. The number of aromatic amines is 2. The number of nitrogens with one attached hydrogen (secondary N) is 2. The van der Waals surface area contributed by atoms with Crippen molar-refractivity contribution in [1.29, 1.82) is 0 Å². The molecule has 0 spiro atoms. The molecule has 6 aliphatic heterocycles. The SMILES string of the molecule is COc1ccc2c3c([nH]c2c1)[C@@H]1CCN2CCCC[C@@H]2N1CC3.COc1ccc2c3c([nH]c2c1)[C@H]1CCN2CCCC[C@H]2N1CC3. The van der Waals surface area contributed by atoms with E-state index in [2.05, 4.69) is 66.0 Å². The number of ether oxygens (including phenoxy) is 2. The Morgan fingerprint density at radius 2 is 1.04 bits per heavy atom. The lowest BCUT2D eigenvalue weighted by Gasteiger charge is -2.52. The van der Waals surface area contributed by atoms with Crippen LogP contribution in [0.2, 0.25) is 0 Å². The molecule has 244 valence electrons. The molecule has 0 bridgehead atoms. The smallest absolute Gasteiger partial charge is 0.120 e. The third-order valence-electron chi connectivity index (χ3n) is 12.3. The molecule has 4 atom stereocenters. The van der Waals surface area contributed by atoms with Gasteiger partial charge >= 0.3 is 0 Å².